The topological polar surface area (TPSA) is 39.1 Å². The molecule has 0 spiro atoms. The fourth-order valence-corrected chi connectivity index (χ4v) is 1.57. The highest BCUT2D eigenvalue weighted by molar-refractivity contribution is 5.57. The average Bonchev–Trinajstić information content (AvgIpc) is 2.35. The molecular weight excluding hydrogens is 229 g/mol. The molecule has 18 heavy (non-hydrogen) atoms. The Kier molecular flexibility index (Phi) is 5.60. The second kappa shape index (κ2) is 6.97. The average molecular weight is 249 g/mol. The number of nitrogens with zero attached hydrogens (tertiary/aromatic N) is 2. The van der Waals surface area contributed by atoms with Crippen molar-refractivity contribution in [1.82, 2.24) is 4.90 Å². The van der Waals surface area contributed by atoms with Crippen molar-refractivity contribution in [2.75, 3.05) is 25.5 Å². The lowest BCUT2D eigenvalue weighted by Gasteiger charge is -2.20. The smallest absolute Gasteiger partial charge is 0.124 e. The molecule has 0 aliphatic carbocycles. The molecule has 0 aliphatic rings. The molecule has 0 fully saturated rings. The first kappa shape index (κ1) is 14.5. The molecule has 0 heterocycles. The summed E-state index contributed by atoms with van der Waals surface area (Å²) >= 11 is 0. The van der Waals surface area contributed by atoms with Gasteiger partial charge in [-0.05, 0) is 52.1 Å². The molecule has 3 nitrogen and oxygen atoms in total. The van der Waals surface area contributed by atoms with Crippen LogP contribution in [-0.4, -0.2) is 31.1 Å². The summed E-state index contributed by atoms with van der Waals surface area (Å²) in [5, 5.41) is 12.1. The lowest BCUT2D eigenvalue weighted by molar-refractivity contribution is 0.273. The number of nitriles is 1. The summed E-state index contributed by atoms with van der Waals surface area (Å²) in [6.07, 6.45) is 0.983. The summed E-state index contributed by atoms with van der Waals surface area (Å²) in [5.41, 5.74) is 1.05. The van der Waals surface area contributed by atoms with Crippen molar-refractivity contribution in [3.05, 3.63) is 29.6 Å². The summed E-state index contributed by atoms with van der Waals surface area (Å²) in [6, 6.07) is 6.75. The zero-order chi connectivity index (χ0) is 13.5. The van der Waals surface area contributed by atoms with Crippen molar-refractivity contribution < 1.29 is 4.39 Å². The van der Waals surface area contributed by atoms with Gasteiger partial charge < -0.3 is 10.2 Å². The summed E-state index contributed by atoms with van der Waals surface area (Å²) in [5.74, 6) is -0.378. The summed E-state index contributed by atoms with van der Waals surface area (Å²) in [7, 11) is 2.09. The van der Waals surface area contributed by atoms with Gasteiger partial charge in [0.2, 0.25) is 0 Å². The minimum Gasteiger partial charge on any atom is -0.384 e. The number of rotatable bonds is 6. The maximum absolute atomic E-state index is 12.9. The van der Waals surface area contributed by atoms with Crippen molar-refractivity contribution in [2.45, 2.75) is 26.3 Å². The van der Waals surface area contributed by atoms with Crippen LogP contribution in [0.15, 0.2) is 18.2 Å². The molecule has 0 aliphatic heterocycles. The van der Waals surface area contributed by atoms with Crippen LogP contribution < -0.4 is 5.32 Å². The number of hydrogen-bond acceptors (Lipinski definition) is 3. The highest BCUT2D eigenvalue weighted by atomic mass is 19.1. The van der Waals surface area contributed by atoms with Gasteiger partial charge in [-0.1, -0.05) is 0 Å². The number of benzene rings is 1. The van der Waals surface area contributed by atoms with Gasteiger partial charge >= 0.3 is 0 Å². The Morgan fingerprint density at radius 3 is 2.78 bits per heavy atom. The van der Waals surface area contributed by atoms with E-state index in [0.29, 0.717) is 17.3 Å². The van der Waals surface area contributed by atoms with Crippen LogP contribution in [0.1, 0.15) is 25.8 Å². The maximum Gasteiger partial charge on any atom is 0.124 e. The van der Waals surface area contributed by atoms with Crippen molar-refractivity contribution in [1.29, 1.82) is 5.26 Å². The Labute approximate surface area is 108 Å². The minimum absolute atomic E-state index is 0.354. The normalized spacial score (nSPS) is 10.7. The number of nitrogens with one attached hydrogen (secondary N) is 1. The van der Waals surface area contributed by atoms with E-state index < -0.39 is 0 Å². The standard InChI is InChI=1S/C14H20FN3/c1-11(2)18(3)8-4-7-17-14-6-5-13(15)9-12(14)10-16/h5-6,9,11,17H,4,7-8H2,1-3H3. The van der Waals surface area contributed by atoms with Crippen LogP contribution in [0.4, 0.5) is 10.1 Å². The van der Waals surface area contributed by atoms with E-state index in [1.807, 2.05) is 6.07 Å². The van der Waals surface area contributed by atoms with E-state index in [0.717, 1.165) is 19.5 Å². The van der Waals surface area contributed by atoms with Gasteiger partial charge in [0.15, 0.2) is 0 Å². The molecule has 4 heteroatoms. The van der Waals surface area contributed by atoms with Gasteiger partial charge in [-0.15, -0.1) is 0 Å². The number of halogens is 1. The van der Waals surface area contributed by atoms with Gasteiger partial charge in [0.25, 0.3) is 0 Å². The largest absolute Gasteiger partial charge is 0.384 e. The molecule has 98 valence electrons. The predicted octanol–water partition coefficient (Wildman–Crippen LogP) is 2.84. The number of anilines is 1. The van der Waals surface area contributed by atoms with Gasteiger partial charge in [0.05, 0.1) is 11.3 Å². The zero-order valence-corrected chi connectivity index (χ0v) is 11.2. The van der Waals surface area contributed by atoms with E-state index in [4.69, 9.17) is 5.26 Å². The summed E-state index contributed by atoms with van der Waals surface area (Å²) in [6.45, 7) is 6.08. The second-order valence-corrected chi connectivity index (χ2v) is 4.66. The second-order valence-electron chi connectivity index (χ2n) is 4.66. The van der Waals surface area contributed by atoms with Crippen molar-refractivity contribution in [3.8, 4) is 6.07 Å². The Morgan fingerprint density at radius 1 is 1.44 bits per heavy atom. The van der Waals surface area contributed by atoms with Crippen molar-refractivity contribution in [2.24, 2.45) is 0 Å². The van der Waals surface area contributed by atoms with E-state index in [1.165, 1.54) is 12.1 Å². The lowest BCUT2D eigenvalue weighted by Crippen LogP contribution is -2.28. The van der Waals surface area contributed by atoms with Gasteiger partial charge in [0.1, 0.15) is 11.9 Å². The highest BCUT2D eigenvalue weighted by Gasteiger charge is 2.04. The third-order valence-electron chi connectivity index (χ3n) is 2.99. The molecule has 1 aromatic carbocycles. The first-order chi connectivity index (χ1) is 8.54. The molecule has 1 rings (SSSR count). The van der Waals surface area contributed by atoms with Crippen LogP contribution in [0.25, 0.3) is 0 Å². The predicted molar refractivity (Wildman–Crippen MR) is 72.0 cm³/mol. The van der Waals surface area contributed by atoms with E-state index >= 15 is 0 Å². The SMILES string of the molecule is CC(C)N(C)CCCNc1ccc(F)cc1C#N. The van der Waals surface area contributed by atoms with Crippen LogP contribution >= 0.6 is 0 Å². The van der Waals surface area contributed by atoms with Gasteiger partial charge in [-0.3, -0.25) is 0 Å². The van der Waals surface area contributed by atoms with E-state index in [1.54, 1.807) is 6.07 Å². The molecule has 0 bridgehead atoms. The molecule has 0 amide bonds. The Balaban J connectivity index is 2.43. The number of hydrogen-bond donors (Lipinski definition) is 1. The van der Waals surface area contributed by atoms with Gasteiger partial charge in [-0.2, -0.15) is 5.26 Å². The molecule has 1 aromatic rings. The van der Waals surface area contributed by atoms with Crippen molar-refractivity contribution in [3.63, 3.8) is 0 Å². The van der Waals surface area contributed by atoms with Crippen LogP contribution in [0.3, 0.4) is 0 Å². The van der Waals surface area contributed by atoms with Gasteiger partial charge in [0, 0.05) is 12.6 Å². The van der Waals surface area contributed by atoms with Crippen LogP contribution in [0, 0.1) is 17.1 Å². The van der Waals surface area contributed by atoms with Crippen molar-refractivity contribution >= 4 is 5.69 Å². The Hall–Kier alpha value is -1.60. The fraction of sp³-hybridized carbons (Fsp3) is 0.500. The quantitative estimate of drug-likeness (QED) is 0.788. The minimum atomic E-state index is -0.378. The van der Waals surface area contributed by atoms with E-state index in [9.17, 15) is 4.39 Å². The summed E-state index contributed by atoms with van der Waals surface area (Å²) in [4.78, 5) is 2.26. The Morgan fingerprint density at radius 2 is 2.17 bits per heavy atom. The molecule has 0 saturated heterocycles. The van der Waals surface area contributed by atoms with Gasteiger partial charge in [-0.25, -0.2) is 4.39 Å². The molecule has 0 unspecified atom stereocenters. The first-order valence-electron chi connectivity index (χ1n) is 6.18. The fourth-order valence-electron chi connectivity index (χ4n) is 1.57. The third-order valence-corrected chi connectivity index (χ3v) is 2.99. The maximum atomic E-state index is 12.9. The third kappa shape index (κ3) is 4.34. The van der Waals surface area contributed by atoms with Crippen LogP contribution in [0.2, 0.25) is 0 Å². The molecule has 1 N–H and O–H groups in total. The molecule has 0 radical (unpaired) electrons. The first-order valence-corrected chi connectivity index (χ1v) is 6.18. The monoisotopic (exact) mass is 249 g/mol. The van der Waals surface area contributed by atoms with Crippen LogP contribution in [-0.2, 0) is 0 Å². The molecule has 0 saturated carbocycles. The lowest BCUT2D eigenvalue weighted by atomic mass is 10.2. The molecule has 0 atom stereocenters. The molecule has 0 aromatic heterocycles. The highest BCUT2D eigenvalue weighted by Crippen LogP contribution is 2.15. The van der Waals surface area contributed by atoms with Crippen LogP contribution in [0.5, 0.6) is 0 Å². The van der Waals surface area contributed by atoms with E-state index in [-0.39, 0.29) is 5.82 Å². The summed E-state index contributed by atoms with van der Waals surface area (Å²) < 4.78 is 12.9. The zero-order valence-electron chi connectivity index (χ0n) is 11.2. The molecular formula is C14H20FN3. The van der Waals surface area contributed by atoms with E-state index in [2.05, 4.69) is 31.1 Å². The Bertz CT molecular complexity index is 424.